The summed E-state index contributed by atoms with van der Waals surface area (Å²) in [5.41, 5.74) is 6.18. The number of hydrogen-bond donors (Lipinski definition) is 3. The van der Waals surface area contributed by atoms with Crippen LogP contribution in [0.25, 0.3) is 33.3 Å². The van der Waals surface area contributed by atoms with E-state index >= 15 is 13.2 Å². The Hall–Kier alpha value is -6.54. The molecule has 0 radical (unpaired) electrons. The van der Waals surface area contributed by atoms with Crippen LogP contribution in [0.4, 0.5) is 18.9 Å². The highest BCUT2D eigenvalue weighted by atomic mass is 19.4. The predicted octanol–water partition coefficient (Wildman–Crippen LogP) is 8.28. The standard InChI is InChI=1S/C60H75F3N8O8/c1-10-70-50-31-47(60(61,62)63)43-30-44(50)46(53(70)45-29-40(33-64-51(45)36(4)77-9)69-22-20-67(7)21-23-69)32-59(5,6)34-79-58(76)48-17-14-19-71(66-48)56(74)49(27-37-25-39(43)28-41(72)26-37)65-55(73)52(35(2)3)68(8)57(75)54-42(18-24-78-54)38-15-12-11-13-16-38/h11-13,15-16,25-26,28-31,33,35-36,42,48-49,52,54,66,72H,10,14,17-24,27,32,34H2,1-9H3,(H,65,73)/t36-,42?,48?,49-,52-,54?/m0/s1. The van der Waals surface area contributed by atoms with Crippen LogP contribution in [0.1, 0.15) is 101 Å². The molecule has 5 aromatic rings. The number of alkyl halides is 3. The van der Waals surface area contributed by atoms with Gasteiger partial charge in [0, 0.05) is 94.3 Å². The smallest absolute Gasteiger partial charge is 0.417 e. The van der Waals surface area contributed by atoms with Gasteiger partial charge in [-0.2, -0.15) is 13.2 Å². The Labute approximate surface area is 460 Å². The van der Waals surface area contributed by atoms with Crippen LogP contribution in [-0.4, -0.2) is 145 Å². The monoisotopic (exact) mass is 1090 g/mol. The maximum Gasteiger partial charge on any atom is 0.417 e. The molecule has 4 aliphatic rings. The van der Waals surface area contributed by atoms with E-state index in [1.807, 2.05) is 68.8 Å². The first-order valence-corrected chi connectivity index (χ1v) is 27.6. The highest BCUT2D eigenvalue weighted by Gasteiger charge is 2.43. The average Bonchev–Trinajstić information content (AvgIpc) is 4.06. The third-order valence-electron chi connectivity index (χ3n) is 16.3. The maximum absolute atomic E-state index is 15.9. The number of rotatable bonds is 11. The van der Waals surface area contributed by atoms with E-state index in [0.29, 0.717) is 59.3 Å². The summed E-state index contributed by atoms with van der Waals surface area (Å²) in [5, 5.41) is 16.2. The Bertz CT molecular complexity index is 3070. The zero-order valence-electron chi connectivity index (χ0n) is 46.8. The zero-order valence-corrected chi connectivity index (χ0v) is 46.8. The number of aromatic nitrogens is 2. The van der Waals surface area contributed by atoms with Crippen LogP contribution in [0.5, 0.6) is 5.75 Å². The Balaban J connectivity index is 1.18. The van der Waals surface area contributed by atoms with Crippen molar-refractivity contribution < 1.29 is 51.7 Å². The second kappa shape index (κ2) is 23.3. The van der Waals surface area contributed by atoms with Crippen LogP contribution in [0.3, 0.4) is 0 Å². The van der Waals surface area contributed by atoms with Crippen LogP contribution < -0.4 is 15.6 Å². The fourth-order valence-electron chi connectivity index (χ4n) is 12.1. The molecular formula is C60H75F3N8O8. The summed E-state index contributed by atoms with van der Waals surface area (Å²) >= 11 is 0. The van der Waals surface area contributed by atoms with Crippen molar-refractivity contribution in [2.24, 2.45) is 11.3 Å². The first-order valence-electron chi connectivity index (χ1n) is 27.6. The summed E-state index contributed by atoms with van der Waals surface area (Å²) in [6.45, 7) is 15.1. The SMILES string of the molecule is CCn1c(-c2cc(N3CCN(C)CC3)cnc2[C@H](C)OC)c2c3cc(c(C(F)(F)F)cc31)-c1cc(O)cc(c1)C[C@H](NC(=O)[C@H](C(C)C)N(C)C(=O)C1OCCC1c1ccccc1)C(=O)N1CCCC(N1)C(=O)OCC(C)(C)C2. The number of fused-ring (bicyclic) bond motifs is 6. The predicted molar refractivity (Wildman–Crippen MR) is 295 cm³/mol. The number of amides is 3. The number of carbonyl (C=O) groups excluding carboxylic acids is 4. The van der Waals surface area contributed by atoms with Crippen molar-refractivity contribution >= 4 is 40.3 Å². The molecule has 16 nitrogen and oxygen atoms in total. The van der Waals surface area contributed by atoms with E-state index in [0.717, 1.165) is 37.4 Å². The number of phenolic OH excluding ortho intramolecular Hbond substituents is 1. The number of benzene rings is 3. The normalized spacial score (nSPS) is 22.1. The number of pyridine rings is 1. The molecule has 3 amide bonds. The number of cyclic esters (lactones) is 1. The molecule has 79 heavy (non-hydrogen) atoms. The zero-order chi connectivity index (χ0) is 56.7. The number of likely N-dealkylation sites (N-methyl/N-ethyl adjacent to an activating group) is 2. The molecule has 0 spiro atoms. The highest BCUT2D eigenvalue weighted by molar-refractivity contribution is 5.97. The number of phenols is 1. The summed E-state index contributed by atoms with van der Waals surface area (Å²) in [5.74, 6) is -3.36. The molecule has 2 aromatic heterocycles. The van der Waals surface area contributed by atoms with Crippen molar-refractivity contribution in [1.82, 2.24) is 35.1 Å². The highest BCUT2D eigenvalue weighted by Crippen LogP contribution is 2.47. The van der Waals surface area contributed by atoms with E-state index in [1.54, 1.807) is 21.0 Å². The third-order valence-corrected chi connectivity index (χ3v) is 16.3. The topological polar surface area (TPSA) is 171 Å². The minimum Gasteiger partial charge on any atom is -0.508 e. The maximum atomic E-state index is 15.9. The van der Waals surface area contributed by atoms with Gasteiger partial charge in [-0.1, -0.05) is 64.1 Å². The summed E-state index contributed by atoms with van der Waals surface area (Å²) in [6, 6.07) is 15.0. The van der Waals surface area contributed by atoms with Crippen molar-refractivity contribution in [3.05, 3.63) is 101 Å². The Morgan fingerprint density at radius 2 is 1.72 bits per heavy atom. The van der Waals surface area contributed by atoms with E-state index in [1.165, 1.54) is 47.3 Å². The number of nitrogens with one attached hydrogen (secondary N) is 2. The molecule has 6 atom stereocenters. The minimum atomic E-state index is -4.88. The van der Waals surface area contributed by atoms with Crippen molar-refractivity contribution in [2.75, 3.05) is 72.0 Å². The Morgan fingerprint density at radius 1 is 0.987 bits per heavy atom. The lowest BCUT2D eigenvalue weighted by molar-refractivity contribution is -0.155. The number of aryl methyl sites for hydroxylation is 1. The molecule has 4 aliphatic heterocycles. The first-order chi connectivity index (χ1) is 37.6. The Morgan fingerprint density at radius 3 is 2.41 bits per heavy atom. The van der Waals surface area contributed by atoms with E-state index in [9.17, 15) is 24.3 Å². The van der Waals surface area contributed by atoms with E-state index in [4.69, 9.17) is 19.2 Å². The molecule has 3 aromatic carbocycles. The number of piperazine rings is 1. The first kappa shape index (κ1) is 57.2. The molecule has 3 N–H and O–H groups in total. The van der Waals surface area contributed by atoms with Gasteiger partial charge in [0.25, 0.3) is 11.8 Å². The summed E-state index contributed by atoms with van der Waals surface area (Å²) in [7, 11) is 5.20. The van der Waals surface area contributed by atoms with Gasteiger partial charge in [-0.25, -0.2) is 5.43 Å². The molecule has 0 aliphatic carbocycles. The van der Waals surface area contributed by atoms with Gasteiger partial charge < -0.3 is 43.9 Å². The molecular weight excluding hydrogens is 1020 g/mol. The van der Waals surface area contributed by atoms with Gasteiger partial charge in [-0.3, -0.25) is 29.2 Å². The Kier molecular flexibility index (Phi) is 16.8. The lowest BCUT2D eigenvalue weighted by Crippen LogP contribution is -2.62. The number of ether oxygens (including phenoxy) is 3. The van der Waals surface area contributed by atoms with Crippen LogP contribution in [0.15, 0.2) is 72.9 Å². The van der Waals surface area contributed by atoms with Gasteiger partial charge in [-0.05, 0) is 111 Å². The number of nitrogens with zero attached hydrogens (tertiary/aromatic N) is 6. The van der Waals surface area contributed by atoms with Crippen molar-refractivity contribution in [3.8, 4) is 28.1 Å². The second-order valence-electron chi connectivity index (χ2n) is 22.9. The molecule has 6 heterocycles. The van der Waals surface area contributed by atoms with Crippen LogP contribution in [0.2, 0.25) is 0 Å². The lowest BCUT2D eigenvalue weighted by atomic mass is 9.83. The van der Waals surface area contributed by atoms with Gasteiger partial charge in [0.05, 0.1) is 41.5 Å². The van der Waals surface area contributed by atoms with Crippen molar-refractivity contribution in [2.45, 2.75) is 123 Å². The van der Waals surface area contributed by atoms with Crippen molar-refractivity contribution in [1.29, 1.82) is 0 Å². The van der Waals surface area contributed by atoms with Gasteiger partial charge in [0.1, 0.15) is 30.0 Å². The minimum absolute atomic E-state index is 0.0336. The van der Waals surface area contributed by atoms with Crippen LogP contribution in [0, 0.1) is 11.3 Å². The fourth-order valence-corrected chi connectivity index (χ4v) is 12.1. The molecule has 3 saturated heterocycles. The molecule has 3 unspecified atom stereocenters. The van der Waals surface area contributed by atoms with Gasteiger partial charge in [0.15, 0.2) is 0 Å². The summed E-state index contributed by atoms with van der Waals surface area (Å²) < 4.78 is 67.6. The fraction of sp³-hybridized carbons (Fsp3) is 0.517. The second-order valence-corrected chi connectivity index (χ2v) is 22.9. The number of halogens is 3. The average molecular weight is 1090 g/mol. The number of aromatic hydroxyl groups is 1. The van der Waals surface area contributed by atoms with E-state index in [2.05, 4.69) is 33.7 Å². The van der Waals surface area contributed by atoms with Crippen molar-refractivity contribution in [3.63, 3.8) is 0 Å². The number of esters is 1. The number of methoxy groups -OCH3 is 1. The van der Waals surface area contributed by atoms with Crippen LogP contribution in [-0.2, 0) is 59.0 Å². The number of hydrogen-bond acceptors (Lipinski definition) is 12. The summed E-state index contributed by atoms with van der Waals surface area (Å²) in [4.78, 5) is 69.2. The number of anilines is 1. The lowest BCUT2D eigenvalue weighted by Gasteiger charge is -2.37. The van der Waals surface area contributed by atoms with Gasteiger partial charge in [0.2, 0.25) is 5.91 Å². The number of hydrazine groups is 1. The van der Waals surface area contributed by atoms with Gasteiger partial charge >= 0.3 is 12.1 Å². The van der Waals surface area contributed by atoms with E-state index in [-0.39, 0.29) is 60.9 Å². The molecule has 9 rings (SSSR count). The number of carbonyl (C=O) groups is 4. The molecule has 3 fully saturated rings. The van der Waals surface area contributed by atoms with E-state index < -0.39 is 77.1 Å². The van der Waals surface area contributed by atoms with Crippen LogP contribution >= 0.6 is 0 Å². The molecule has 6 bridgehead atoms. The molecule has 424 valence electrons. The molecule has 19 heteroatoms. The molecule has 0 saturated carbocycles. The quantitative estimate of drug-likeness (QED) is 0.108. The third kappa shape index (κ3) is 12.0. The largest absolute Gasteiger partial charge is 0.508 e. The van der Waals surface area contributed by atoms with Gasteiger partial charge in [-0.15, -0.1) is 0 Å². The summed E-state index contributed by atoms with van der Waals surface area (Å²) in [6.07, 6.45) is -3.11.